The number of amides is 2. The normalized spacial score (nSPS) is 18.1. The molecule has 0 fully saturated rings. The van der Waals surface area contributed by atoms with Crippen LogP contribution in [0.1, 0.15) is 18.5 Å². The molecule has 0 bridgehead atoms. The number of ether oxygens (including phenoxy) is 2. The van der Waals surface area contributed by atoms with Crippen molar-refractivity contribution in [2.24, 2.45) is 0 Å². The standard InChI is InChI=1S/C15H16F2N2O4/c1-8-11(13(20)22-3)12(18-15(21)19(8)2)9-4-6-10(7-5-9)23-14(16)17/h4-7,12,14H,1-3H3,(H,18,21)/t12-/m1/s1. The number of halogens is 2. The van der Waals surface area contributed by atoms with Gasteiger partial charge in [0.15, 0.2) is 0 Å². The average Bonchev–Trinajstić information content (AvgIpc) is 2.52. The Morgan fingerprint density at radius 1 is 1.30 bits per heavy atom. The number of hydrogen-bond acceptors (Lipinski definition) is 4. The molecule has 1 aliphatic heterocycles. The third kappa shape index (κ3) is 3.41. The molecule has 1 aromatic carbocycles. The van der Waals surface area contributed by atoms with Gasteiger partial charge in [-0.25, -0.2) is 9.59 Å². The van der Waals surface area contributed by atoms with Crippen LogP contribution in [0.15, 0.2) is 35.5 Å². The van der Waals surface area contributed by atoms with Crippen LogP contribution < -0.4 is 10.1 Å². The summed E-state index contributed by atoms with van der Waals surface area (Å²) in [5.74, 6) is -0.587. The molecule has 0 aliphatic carbocycles. The van der Waals surface area contributed by atoms with Gasteiger partial charge in [0.2, 0.25) is 0 Å². The molecular weight excluding hydrogens is 310 g/mol. The van der Waals surface area contributed by atoms with E-state index in [4.69, 9.17) is 4.74 Å². The number of carbonyl (C=O) groups is 2. The molecule has 6 nitrogen and oxygen atoms in total. The Labute approximate surface area is 131 Å². The lowest BCUT2D eigenvalue weighted by atomic mass is 9.95. The minimum absolute atomic E-state index is 0.0108. The summed E-state index contributed by atoms with van der Waals surface area (Å²) in [6.45, 7) is -1.29. The number of carbonyl (C=O) groups excluding carboxylic acids is 2. The molecule has 0 spiro atoms. The van der Waals surface area contributed by atoms with Gasteiger partial charge in [-0.1, -0.05) is 12.1 Å². The summed E-state index contributed by atoms with van der Waals surface area (Å²) in [5.41, 5.74) is 1.28. The number of rotatable bonds is 4. The van der Waals surface area contributed by atoms with Crippen molar-refractivity contribution in [3.05, 3.63) is 41.1 Å². The van der Waals surface area contributed by atoms with E-state index in [0.29, 0.717) is 11.3 Å². The lowest BCUT2D eigenvalue weighted by Gasteiger charge is -2.33. The number of nitrogens with zero attached hydrogens (tertiary/aromatic N) is 1. The van der Waals surface area contributed by atoms with E-state index in [1.54, 1.807) is 6.92 Å². The number of urea groups is 1. The zero-order valence-corrected chi connectivity index (χ0v) is 12.8. The molecule has 23 heavy (non-hydrogen) atoms. The van der Waals surface area contributed by atoms with Crippen molar-refractivity contribution in [1.82, 2.24) is 10.2 Å². The van der Waals surface area contributed by atoms with E-state index >= 15 is 0 Å². The number of allylic oxidation sites excluding steroid dienone is 1. The molecule has 2 amide bonds. The van der Waals surface area contributed by atoms with Crippen LogP contribution in [0.3, 0.4) is 0 Å². The van der Waals surface area contributed by atoms with Gasteiger partial charge in [0.1, 0.15) is 5.75 Å². The van der Waals surface area contributed by atoms with E-state index in [1.165, 1.54) is 43.3 Å². The maximum atomic E-state index is 12.2. The van der Waals surface area contributed by atoms with E-state index < -0.39 is 18.6 Å². The number of alkyl halides is 2. The Balaban J connectivity index is 2.39. The fraction of sp³-hybridized carbons (Fsp3) is 0.333. The van der Waals surface area contributed by atoms with Crippen LogP contribution in [0.5, 0.6) is 5.75 Å². The van der Waals surface area contributed by atoms with Gasteiger partial charge < -0.3 is 19.7 Å². The van der Waals surface area contributed by atoms with E-state index in [2.05, 4.69) is 10.1 Å². The minimum Gasteiger partial charge on any atom is -0.466 e. The highest BCUT2D eigenvalue weighted by Gasteiger charge is 2.34. The molecule has 0 saturated heterocycles. The third-order valence-electron chi connectivity index (χ3n) is 3.60. The lowest BCUT2D eigenvalue weighted by molar-refractivity contribution is -0.136. The fourth-order valence-electron chi connectivity index (χ4n) is 2.30. The molecule has 2 rings (SSSR count). The van der Waals surface area contributed by atoms with E-state index in [9.17, 15) is 18.4 Å². The van der Waals surface area contributed by atoms with Gasteiger partial charge in [0.25, 0.3) is 0 Å². The topological polar surface area (TPSA) is 67.9 Å². The van der Waals surface area contributed by atoms with Crippen LogP contribution in [-0.2, 0) is 9.53 Å². The third-order valence-corrected chi connectivity index (χ3v) is 3.60. The average molecular weight is 326 g/mol. The largest absolute Gasteiger partial charge is 0.466 e. The van der Waals surface area contributed by atoms with Crippen molar-refractivity contribution in [2.45, 2.75) is 19.6 Å². The molecule has 0 radical (unpaired) electrons. The van der Waals surface area contributed by atoms with E-state index in [-0.39, 0.29) is 17.4 Å². The molecule has 1 aliphatic rings. The molecule has 1 heterocycles. The molecular formula is C15H16F2N2O4. The monoisotopic (exact) mass is 326 g/mol. The highest BCUT2D eigenvalue weighted by molar-refractivity contribution is 5.94. The second-order valence-corrected chi connectivity index (χ2v) is 4.88. The first kappa shape index (κ1) is 16.7. The Bertz CT molecular complexity index is 643. The summed E-state index contributed by atoms with van der Waals surface area (Å²) < 4.78 is 33.4. The first-order valence-corrected chi connectivity index (χ1v) is 6.73. The first-order valence-electron chi connectivity index (χ1n) is 6.73. The van der Waals surface area contributed by atoms with Crippen LogP contribution in [0, 0.1) is 0 Å². The van der Waals surface area contributed by atoms with Crippen LogP contribution in [0.2, 0.25) is 0 Å². The maximum absolute atomic E-state index is 12.2. The first-order chi connectivity index (χ1) is 10.8. The summed E-state index contributed by atoms with van der Waals surface area (Å²) >= 11 is 0. The molecule has 8 heteroatoms. The summed E-state index contributed by atoms with van der Waals surface area (Å²) in [4.78, 5) is 25.3. The summed E-state index contributed by atoms with van der Waals surface area (Å²) in [6, 6.07) is 4.58. The van der Waals surface area contributed by atoms with Gasteiger partial charge in [-0.3, -0.25) is 0 Å². The smallest absolute Gasteiger partial charge is 0.387 e. The van der Waals surface area contributed by atoms with Crippen molar-refractivity contribution in [3.63, 3.8) is 0 Å². The van der Waals surface area contributed by atoms with Crippen molar-refractivity contribution in [2.75, 3.05) is 14.2 Å². The SMILES string of the molecule is COC(=O)C1=C(C)N(C)C(=O)N[C@@H]1c1ccc(OC(F)F)cc1. The molecule has 1 N–H and O–H groups in total. The highest BCUT2D eigenvalue weighted by atomic mass is 19.3. The van der Waals surface area contributed by atoms with Gasteiger partial charge in [-0.2, -0.15) is 8.78 Å². The van der Waals surface area contributed by atoms with E-state index in [0.717, 1.165) is 0 Å². The number of hydrogen-bond donors (Lipinski definition) is 1. The number of nitrogens with one attached hydrogen (secondary N) is 1. The molecule has 1 aromatic rings. The molecule has 0 aromatic heterocycles. The predicted octanol–water partition coefficient (Wildman–Crippen LogP) is 2.43. The lowest BCUT2D eigenvalue weighted by Crippen LogP contribution is -2.46. The molecule has 0 saturated carbocycles. The van der Waals surface area contributed by atoms with Crippen LogP contribution >= 0.6 is 0 Å². The van der Waals surface area contributed by atoms with Crippen LogP contribution in [-0.4, -0.2) is 37.7 Å². The van der Waals surface area contributed by atoms with Gasteiger partial charge in [-0.05, 0) is 24.6 Å². The number of methoxy groups -OCH3 is 1. The Kier molecular flexibility index (Phi) is 4.83. The second-order valence-electron chi connectivity index (χ2n) is 4.88. The van der Waals surface area contributed by atoms with Crippen LogP contribution in [0.25, 0.3) is 0 Å². The number of benzene rings is 1. The Morgan fingerprint density at radius 2 is 1.91 bits per heavy atom. The zero-order chi connectivity index (χ0) is 17.1. The van der Waals surface area contributed by atoms with Crippen molar-refractivity contribution in [1.29, 1.82) is 0 Å². The predicted molar refractivity (Wildman–Crippen MR) is 76.8 cm³/mol. The molecule has 0 unspecified atom stereocenters. The fourth-order valence-corrected chi connectivity index (χ4v) is 2.30. The van der Waals surface area contributed by atoms with Gasteiger partial charge in [0, 0.05) is 12.7 Å². The Hall–Kier alpha value is -2.64. The highest BCUT2D eigenvalue weighted by Crippen LogP contribution is 2.31. The molecule has 124 valence electrons. The van der Waals surface area contributed by atoms with Crippen molar-refractivity contribution in [3.8, 4) is 5.75 Å². The van der Waals surface area contributed by atoms with Gasteiger partial charge in [0.05, 0.1) is 18.7 Å². The maximum Gasteiger partial charge on any atom is 0.387 e. The quantitative estimate of drug-likeness (QED) is 0.863. The Morgan fingerprint density at radius 3 is 2.43 bits per heavy atom. The summed E-state index contributed by atoms with van der Waals surface area (Å²) in [6.07, 6.45) is 0. The number of esters is 1. The van der Waals surface area contributed by atoms with Crippen molar-refractivity contribution >= 4 is 12.0 Å². The second kappa shape index (κ2) is 6.64. The summed E-state index contributed by atoms with van der Waals surface area (Å²) in [5, 5.41) is 2.68. The van der Waals surface area contributed by atoms with Gasteiger partial charge in [-0.15, -0.1) is 0 Å². The van der Waals surface area contributed by atoms with E-state index in [1.807, 2.05) is 0 Å². The summed E-state index contributed by atoms with van der Waals surface area (Å²) in [7, 11) is 2.78. The zero-order valence-electron chi connectivity index (χ0n) is 12.8. The van der Waals surface area contributed by atoms with Gasteiger partial charge >= 0.3 is 18.6 Å². The van der Waals surface area contributed by atoms with Crippen molar-refractivity contribution < 1.29 is 27.8 Å². The minimum atomic E-state index is -2.92. The molecule has 1 atom stereocenters. The van der Waals surface area contributed by atoms with Crippen LogP contribution in [0.4, 0.5) is 13.6 Å².